The van der Waals surface area contributed by atoms with Gasteiger partial charge in [-0.25, -0.2) is 0 Å². The number of amides is 1. The zero-order valence-electron chi connectivity index (χ0n) is 16.1. The Hall–Kier alpha value is -3.07. The first kappa shape index (κ1) is 18.7. The zero-order chi connectivity index (χ0) is 19.3. The normalized spacial score (nSPS) is 11.7. The van der Waals surface area contributed by atoms with E-state index in [1.54, 1.807) is 24.5 Å². The Balaban J connectivity index is 1.99. The topological polar surface area (TPSA) is 33.5 Å². The zero-order valence-corrected chi connectivity index (χ0v) is 16.1. The van der Waals surface area contributed by atoms with Crippen LogP contribution >= 0.6 is 0 Å². The van der Waals surface area contributed by atoms with E-state index in [9.17, 15) is 4.79 Å². The predicted octanol–water partition coefficient (Wildman–Crippen LogP) is 5.82. The van der Waals surface area contributed by atoms with Crippen LogP contribution in [0.15, 0.2) is 83.5 Å². The van der Waals surface area contributed by atoms with Gasteiger partial charge in [-0.15, -0.1) is 0 Å². The molecule has 0 radical (unpaired) electrons. The molecule has 0 unspecified atom stereocenters. The molecule has 1 aromatic heterocycles. The molecule has 1 heterocycles. The third-order valence-electron chi connectivity index (χ3n) is 4.39. The van der Waals surface area contributed by atoms with E-state index in [1.807, 2.05) is 59.5 Å². The summed E-state index contributed by atoms with van der Waals surface area (Å²) in [5.74, 6) is 0.582. The summed E-state index contributed by atoms with van der Waals surface area (Å²) >= 11 is 0. The van der Waals surface area contributed by atoms with E-state index in [4.69, 9.17) is 4.42 Å². The van der Waals surface area contributed by atoms with Gasteiger partial charge in [-0.2, -0.15) is 0 Å². The second kappa shape index (κ2) is 8.09. The summed E-state index contributed by atoms with van der Waals surface area (Å²) in [6, 6.07) is 21.8. The molecular weight excluding hydrogens is 334 g/mol. The summed E-state index contributed by atoms with van der Waals surface area (Å²) in [7, 11) is 0. The van der Waals surface area contributed by atoms with Crippen molar-refractivity contribution in [3.8, 4) is 0 Å². The first-order valence-electron chi connectivity index (χ1n) is 9.12. The first-order valence-corrected chi connectivity index (χ1v) is 9.12. The van der Waals surface area contributed by atoms with Crippen molar-refractivity contribution >= 4 is 17.7 Å². The minimum absolute atomic E-state index is 0.0729. The fraction of sp³-hybridized carbons (Fsp3) is 0.208. The molecule has 27 heavy (non-hydrogen) atoms. The first-order chi connectivity index (χ1) is 12.9. The number of benzene rings is 2. The summed E-state index contributed by atoms with van der Waals surface area (Å²) < 4.78 is 5.31. The van der Waals surface area contributed by atoms with Crippen molar-refractivity contribution in [3.63, 3.8) is 0 Å². The van der Waals surface area contributed by atoms with E-state index >= 15 is 0 Å². The Bertz CT molecular complexity index is 903. The van der Waals surface area contributed by atoms with E-state index in [0.29, 0.717) is 12.3 Å². The number of para-hydroxylation sites is 1. The number of anilines is 1. The van der Waals surface area contributed by atoms with Crippen LogP contribution in [0.2, 0.25) is 0 Å². The van der Waals surface area contributed by atoms with Crippen molar-refractivity contribution < 1.29 is 9.21 Å². The molecule has 3 heteroatoms. The number of carbonyl (C=O) groups excluding carboxylic acids is 1. The maximum Gasteiger partial charge on any atom is 0.251 e. The van der Waals surface area contributed by atoms with Gasteiger partial charge < -0.3 is 9.32 Å². The molecule has 138 valence electrons. The lowest BCUT2D eigenvalue weighted by molar-refractivity contribution is -0.114. The molecule has 0 saturated carbocycles. The van der Waals surface area contributed by atoms with Crippen molar-refractivity contribution in [1.82, 2.24) is 0 Å². The number of hydrogen-bond acceptors (Lipinski definition) is 2. The summed E-state index contributed by atoms with van der Waals surface area (Å²) in [6.07, 6.45) is 4.88. The van der Waals surface area contributed by atoms with Gasteiger partial charge in [0.1, 0.15) is 5.76 Å². The lowest BCUT2D eigenvalue weighted by Crippen LogP contribution is -2.31. The van der Waals surface area contributed by atoms with E-state index in [-0.39, 0.29) is 11.3 Å². The van der Waals surface area contributed by atoms with Gasteiger partial charge in [0.15, 0.2) is 0 Å². The largest absolute Gasteiger partial charge is 0.465 e. The van der Waals surface area contributed by atoms with Gasteiger partial charge in [-0.1, -0.05) is 69.3 Å². The number of rotatable bonds is 5. The van der Waals surface area contributed by atoms with Crippen LogP contribution < -0.4 is 4.90 Å². The number of furan rings is 1. The Morgan fingerprint density at radius 2 is 1.67 bits per heavy atom. The molecule has 1 amide bonds. The van der Waals surface area contributed by atoms with E-state index in [1.165, 1.54) is 0 Å². The standard InChI is InChI=1S/C24H25NO2/c1-24(2,3)21-13-7-8-14-22(21)25(18-19-10-5-4-6-11-19)23(26)16-15-20-12-9-17-27-20/h4-17H,18H2,1-3H3/b16-15+. The van der Waals surface area contributed by atoms with Crippen LogP contribution in [-0.4, -0.2) is 5.91 Å². The molecule has 0 aliphatic rings. The van der Waals surface area contributed by atoms with E-state index in [2.05, 4.69) is 26.8 Å². The molecule has 0 aliphatic heterocycles. The second-order valence-corrected chi connectivity index (χ2v) is 7.53. The number of carbonyl (C=O) groups is 1. The van der Waals surface area contributed by atoms with Crippen LogP contribution in [0.4, 0.5) is 5.69 Å². The molecule has 0 spiro atoms. The molecule has 0 fully saturated rings. The van der Waals surface area contributed by atoms with Crippen LogP contribution in [-0.2, 0) is 16.8 Å². The van der Waals surface area contributed by atoms with Crippen LogP contribution in [0.3, 0.4) is 0 Å². The Labute approximate surface area is 160 Å². The van der Waals surface area contributed by atoms with Gasteiger partial charge in [0, 0.05) is 11.8 Å². The van der Waals surface area contributed by atoms with Gasteiger partial charge in [0.2, 0.25) is 0 Å². The van der Waals surface area contributed by atoms with Crippen molar-refractivity contribution in [2.75, 3.05) is 4.90 Å². The Morgan fingerprint density at radius 1 is 0.963 bits per heavy atom. The van der Waals surface area contributed by atoms with Crippen molar-refractivity contribution in [2.45, 2.75) is 32.7 Å². The molecule has 0 atom stereocenters. The van der Waals surface area contributed by atoms with E-state index in [0.717, 1.165) is 16.8 Å². The van der Waals surface area contributed by atoms with Crippen LogP contribution in [0.1, 0.15) is 37.7 Å². The van der Waals surface area contributed by atoms with Gasteiger partial charge in [0.05, 0.1) is 12.8 Å². The highest BCUT2D eigenvalue weighted by atomic mass is 16.3. The molecule has 0 aliphatic carbocycles. The quantitative estimate of drug-likeness (QED) is 0.538. The molecule has 0 N–H and O–H groups in total. The lowest BCUT2D eigenvalue weighted by Gasteiger charge is -2.29. The number of hydrogen-bond donors (Lipinski definition) is 0. The van der Waals surface area contributed by atoms with Crippen LogP contribution in [0.5, 0.6) is 0 Å². The Kier molecular flexibility index (Phi) is 5.60. The summed E-state index contributed by atoms with van der Waals surface area (Å²) in [4.78, 5) is 14.9. The molecule has 2 aromatic carbocycles. The minimum atomic E-state index is -0.0769. The summed E-state index contributed by atoms with van der Waals surface area (Å²) in [6.45, 7) is 7.00. The van der Waals surface area contributed by atoms with E-state index < -0.39 is 0 Å². The van der Waals surface area contributed by atoms with Crippen molar-refractivity contribution in [3.05, 3.63) is 96.0 Å². The second-order valence-electron chi connectivity index (χ2n) is 7.53. The maximum atomic E-state index is 13.1. The molecule has 3 nitrogen and oxygen atoms in total. The van der Waals surface area contributed by atoms with Gasteiger partial charge in [-0.3, -0.25) is 4.79 Å². The van der Waals surface area contributed by atoms with Gasteiger partial charge >= 0.3 is 0 Å². The Morgan fingerprint density at radius 3 is 2.33 bits per heavy atom. The highest BCUT2D eigenvalue weighted by Crippen LogP contribution is 2.33. The fourth-order valence-electron chi connectivity index (χ4n) is 3.02. The maximum absolute atomic E-state index is 13.1. The molecular formula is C24H25NO2. The van der Waals surface area contributed by atoms with Crippen LogP contribution in [0.25, 0.3) is 6.08 Å². The minimum Gasteiger partial charge on any atom is -0.465 e. The average Bonchev–Trinajstić information content (AvgIpc) is 3.18. The number of nitrogens with zero attached hydrogens (tertiary/aromatic N) is 1. The summed E-state index contributed by atoms with van der Waals surface area (Å²) in [5.41, 5.74) is 3.08. The highest BCUT2D eigenvalue weighted by Gasteiger charge is 2.23. The SMILES string of the molecule is CC(C)(C)c1ccccc1N(Cc1ccccc1)C(=O)/C=C/c1ccco1. The molecule has 0 bridgehead atoms. The fourth-order valence-corrected chi connectivity index (χ4v) is 3.02. The molecule has 0 saturated heterocycles. The monoisotopic (exact) mass is 359 g/mol. The smallest absolute Gasteiger partial charge is 0.251 e. The summed E-state index contributed by atoms with van der Waals surface area (Å²) in [5, 5.41) is 0. The molecule has 3 aromatic rings. The van der Waals surface area contributed by atoms with Crippen LogP contribution in [0, 0.1) is 0 Å². The third-order valence-corrected chi connectivity index (χ3v) is 4.39. The third kappa shape index (κ3) is 4.76. The van der Waals surface area contributed by atoms with Crippen molar-refractivity contribution in [2.24, 2.45) is 0 Å². The van der Waals surface area contributed by atoms with Gasteiger partial charge in [-0.05, 0) is 40.8 Å². The average molecular weight is 359 g/mol. The highest BCUT2D eigenvalue weighted by molar-refractivity contribution is 6.04. The molecule has 3 rings (SSSR count). The predicted molar refractivity (Wildman–Crippen MR) is 111 cm³/mol. The lowest BCUT2D eigenvalue weighted by atomic mass is 9.85. The van der Waals surface area contributed by atoms with Gasteiger partial charge in [0.25, 0.3) is 5.91 Å². The van der Waals surface area contributed by atoms with Crippen molar-refractivity contribution in [1.29, 1.82) is 0 Å².